The van der Waals surface area contributed by atoms with E-state index < -0.39 is 11.7 Å². The van der Waals surface area contributed by atoms with Crippen molar-refractivity contribution < 1.29 is 22.7 Å². The molecular formula is C17H12F3N5O2. The topological polar surface area (TPSA) is 89.3 Å². The fourth-order valence-electron chi connectivity index (χ4n) is 2.80. The second-order valence-electron chi connectivity index (χ2n) is 5.80. The molecular weight excluding hydrogens is 363 g/mol. The number of pyridine rings is 2. The van der Waals surface area contributed by atoms with Gasteiger partial charge in [-0.25, -0.2) is 9.97 Å². The third kappa shape index (κ3) is 2.93. The normalized spacial score (nSPS) is 12.1. The molecule has 0 spiro atoms. The number of aliphatic hydroxyl groups excluding tert-OH is 1. The molecule has 0 aromatic carbocycles. The lowest BCUT2D eigenvalue weighted by Crippen LogP contribution is -2.09. The van der Waals surface area contributed by atoms with Crippen LogP contribution in [-0.2, 0) is 6.18 Å². The lowest BCUT2D eigenvalue weighted by molar-refractivity contribution is -0.136. The molecule has 4 aromatic rings. The fraction of sp³-hybridized carbons (Fsp3) is 0.176. The number of hydrogen-bond acceptors (Lipinski definition) is 6. The molecule has 7 nitrogen and oxygen atoms in total. The van der Waals surface area contributed by atoms with Crippen LogP contribution in [0.5, 0.6) is 0 Å². The zero-order chi connectivity index (χ0) is 19.2. The van der Waals surface area contributed by atoms with E-state index in [9.17, 15) is 13.2 Å². The molecule has 0 fully saturated rings. The number of halogens is 3. The molecule has 0 unspecified atom stereocenters. The third-order valence-electron chi connectivity index (χ3n) is 4.06. The first-order chi connectivity index (χ1) is 12.9. The van der Waals surface area contributed by atoms with E-state index in [0.717, 1.165) is 12.5 Å². The minimum Gasteiger partial charge on any atom is -0.422 e. The molecule has 0 amide bonds. The molecule has 0 saturated carbocycles. The van der Waals surface area contributed by atoms with Crippen molar-refractivity contribution in [2.75, 3.05) is 6.61 Å². The number of fused-ring (bicyclic) bond motifs is 3. The Morgan fingerprint density at radius 1 is 1.26 bits per heavy atom. The molecule has 27 heavy (non-hydrogen) atoms. The van der Waals surface area contributed by atoms with Crippen LogP contribution < -0.4 is 0 Å². The summed E-state index contributed by atoms with van der Waals surface area (Å²) in [5.74, 6) is 0.142. The van der Waals surface area contributed by atoms with Gasteiger partial charge in [-0.3, -0.25) is 4.40 Å². The van der Waals surface area contributed by atoms with Crippen LogP contribution in [0, 0.1) is 0 Å². The summed E-state index contributed by atoms with van der Waals surface area (Å²) in [6.07, 6.45) is -1.85. The number of nitrogens with zero attached hydrogens (tertiary/aromatic N) is 5. The summed E-state index contributed by atoms with van der Waals surface area (Å²) in [4.78, 5) is 8.63. The van der Waals surface area contributed by atoms with Gasteiger partial charge in [0.05, 0.1) is 11.3 Å². The first-order valence-corrected chi connectivity index (χ1v) is 7.84. The molecule has 0 saturated heterocycles. The van der Waals surface area contributed by atoms with Gasteiger partial charge < -0.3 is 9.52 Å². The van der Waals surface area contributed by atoms with Crippen LogP contribution in [0.15, 0.2) is 41.8 Å². The maximum absolute atomic E-state index is 13.6. The molecule has 4 heterocycles. The van der Waals surface area contributed by atoms with E-state index >= 15 is 0 Å². The van der Waals surface area contributed by atoms with E-state index in [4.69, 9.17) is 9.52 Å². The van der Waals surface area contributed by atoms with Crippen LogP contribution in [0.1, 0.15) is 17.7 Å². The number of imidazole rings is 1. The lowest BCUT2D eigenvalue weighted by atomic mass is 10.0. The zero-order valence-electron chi connectivity index (χ0n) is 13.7. The standard InChI is InChI=1S/C17H12F3N5O2/c1-9(4-5-26)12-6-11(17(18,19)20)10-2-3-14-22-13(16-24-21-8-27-16)7-25(14)15(10)23-12/h2-3,6-8,26H,1,4-5H2. The Hall–Kier alpha value is -3.27. The van der Waals surface area contributed by atoms with E-state index in [0.29, 0.717) is 16.9 Å². The summed E-state index contributed by atoms with van der Waals surface area (Å²) in [6.45, 7) is 3.48. The van der Waals surface area contributed by atoms with E-state index in [1.165, 1.54) is 22.7 Å². The minimum atomic E-state index is -4.58. The van der Waals surface area contributed by atoms with Crippen LogP contribution in [0.4, 0.5) is 13.2 Å². The molecule has 0 aliphatic carbocycles. The monoisotopic (exact) mass is 375 g/mol. The lowest BCUT2D eigenvalue weighted by Gasteiger charge is -2.14. The SMILES string of the molecule is C=C(CCO)c1cc(C(F)(F)F)c2ccc3nc(-c4nnco4)cn3c2n1. The van der Waals surface area contributed by atoms with Gasteiger partial charge in [0.15, 0.2) is 0 Å². The van der Waals surface area contributed by atoms with Gasteiger partial charge in [0.25, 0.3) is 5.89 Å². The third-order valence-corrected chi connectivity index (χ3v) is 4.06. The second-order valence-corrected chi connectivity index (χ2v) is 5.80. The Balaban J connectivity index is 2.03. The van der Waals surface area contributed by atoms with Crippen LogP contribution >= 0.6 is 0 Å². The molecule has 1 N–H and O–H groups in total. The van der Waals surface area contributed by atoms with E-state index in [1.54, 1.807) is 0 Å². The van der Waals surface area contributed by atoms with Crippen LogP contribution in [0.25, 0.3) is 33.8 Å². The predicted molar refractivity (Wildman–Crippen MR) is 89.5 cm³/mol. The Bertz CT molecular complexity index is 1150. The second kappa shape index (κ2) is 6.16. The number of alkyl halides is 3. The van der Waals surface area contributed by atoms with Crippen molar-refractivity contribution >= 4 is 22.3 Å². The fourth-order valence-corrected chi connectivity index (χ4v) is 2.80. The van der Waals surface area contributed by atoms with Gasteiger partial charge in [-0.1, -0.05) is 6.58 Å². The van der Waals surface area contributed by atoms with Gasteiger partial charge >= 0.3 is 6.18 Å². The highest BCUT2D eigenvalue weighted by molar-refractivity contribution is 5.85. The van der Waals surface area contributed by atoms with Crippen molar-refractivity contribution in [2.24, 2.45) is 0 Å². The minimum absolute atomic E-state index is 0.0596. The average Bonchev–Trinajstić information content (AvgIpc) is 3.29. The molecule has 138 valence electrons. The highest BCUT2D eigenvalue weighted by atomic mass is 19.4. The van der Waals surface area contributed by atoms with Gasteiger partial charge in [0, 0.05) is 18.2 Å². The highest BCUT2D eigenvalue weighted by Gasteiger charge is 2.34. The molecule has 0 aliphatic heterocycles. The summed E-state index contributed by atoms with van der Waals surface area (Å²) in [5, 5.41) is 16.3. The first kappa shape index (κ1) is 17.2. The summed E-state index contributed by atoms with van der Waals surface area (Å²) in [5.41, 5.74) is 0.283. The Morgan fingerprint density at radius 2 is 2.07 bits per heavy atom. The molecule has 4 rings (SSSR count). The van der Waals surface area contributed by atoms with Gasteiger partial charge in [0.2, 0.25) is 6.39 Å². The zero-order valence-corrected chi connectivity index (χ0v) is 13.7. The molecule has 4 aromatic heterocycles. The summed E-state index contributed by atoms with van der Waals surface area (Å²) < 4.78 is 47.4. The van der Waals surface area contributed by atoms with Crippen LogP contribution in [0.2, 0.25) is 0 Å². The first-order valence-electron chi connectivity index (χ1n) is 7.84. The van der Waals surface area contributed by atoms with E-state index in [1.807, 2.05) is 0 Å². The van der Waals surface area contributed by atoms with E-state index in [2.05, 4.69) is 26.7 Å². The Morgan fingerprint density at radius 3 is 2.74 bits per heavy atom. The average molecular weight is 375 g/mol. The van der Waals surface area contributed by atoms with Crippen LogP contribution in [-0.4, -0.2) is 36.3 Å². The van der Waals surface area contributed by atoms with E-state index in [-0.39, 0.29) is 35.6 Å². The summed E-state index contributed by atoms with van der Waals surface area (Å²) in [6, 6.07) is 3.73. The van der Waals surface area contributed by atoms with Crippen molar-refractivity contribution in [3.63, 3.8) is 0 Å². The number of aromatic nitrogens is 5. The quantitative estimate of drug-likeness (QED) is 0.588. The number of rotatable bonds is 4. The smallest absolute Gasteiger partial charge is 0.417 e. The maximum Gasteiger partial charge on any atom is 0.417 e. The molecule has 0 atom stereocenters. The molecule has 10 heteroatoms. The molecule has 0 bridgehead atoms. The predicted octanol–water partition coefficient (Wildman–Crippen LogP) is 3.35. The Kier molecular flexibility index (Phi) is 3.92. The Labute approximate surface area is 149 Å². The summed E-state index contributed by atoms with van der Waals surface area (Å²) in [7, 11) is 0. The molecule has 0 aliphatic rings. The van der Waals surface area contributed by atoms with Crippen molar-refractivity contribution in [3.05, 3.63) is 48.6 Å². The maximum atomic E-state index is 13.6. The van der Waals surface area contributed by atoms with Crippen molar-refractivity contribution in [1.82, 2.24) is 24.6 Å². The van der Waals surface area contributed by atoms with Crippen molar-refractivity contribution in [1.29, 1.82) is 0 Å². The van der Waals surface area contributed by atoms with Crippen molar-refractivity contribution in [3.8, 4) is 11.6 Å². The number of aliphatic hydroxyl groups is 1. The van der Waals surface area contributed by atoms with Gasteiger partial charge in [0.1, 0.15) is 17.0 Å². The van der Waals surface area contributed by atoms with Gasteiger partial charge in [-0.05, 0) is 30.2 Å². The van der Waals surface area contributed by atoms with Gasteiger partial charge in [-0.2, -0.15) is 13.2 Å². The molecule has 0 radical (unpaired) electrons. The van der Waals surface area contributed by atoms with Crippen LogP contribution in [0.3, 0.4) is 0 Å². The highest BCUT2D eigenvalue weighted by Crippen LogP contribution is 2.36. The largest absolute Gasteiger partial charge is 0.422 e. The summed E-state index contributed by atoms with van der Waals surface area (Å²) >= 11 is 0. The van der Waals surface area contributed by atoms with Crippen molar-refractivity contribution in [2.45, 2.75) is 12.6 Å². The number of hydrogen-bond donors (Lipinski definition) is 1. The van der Waals surface area contributed by atoms with Gasteiger partial charge in [-0.15, -0.1) is 10.2 Å².